The second-order valence-electron chi connectivity index (χ2n) is 17.1. The average molecular weight is 854 g/mol. The van der Waals surface area contributed by atoms with Crippen LogP contribution in [-0.4, -0.2) is 15.0 Å². The summed E-state index contributed by atoms with van der Waals surface area (Å²) in [4.78, 5) is 16.0. The summed E-state index contributed by atoms with van der Waals surface area (Å²) in [6.07, 6.45) is 0. The summed E-state index contributed by atoms with van der Waals surface area (Å²) < 4.78 is 0. The molecule has 0 atom stereocenters. The Morgan fingerprint density at radius 3 is 1.03 bits per heavy atom. The van der Waals surface area contributed by atoms with E-state index < -0.39 is 5.41 Å². The predicted octanol–water partition coefficient (Wildman–Crippen LogP) is 15.9. The molecule has 0 spiro atoms. The van der Waals surface area contributed by atoms with Crippen LogP contribution >= 0.6 is 0 Å². The van der Waals surface area contributed by atoms with E-state index >= 15 is 0 Å². The molecule has 0 bridgehead atoms. The van der Waals surface area contributed by atoms with Crippen molar-refractivity contribution in [1.82, 2.24) is 15.0 Å². The number of aromatic nitrogens is 3. The standard InChI is InChI=1S/C64H43N3/c1-6-19-44(20-7-1)47-33-37-49(38-34-47)61-65-62(50-39-35-48(36-40-50)53-42-51(45-21-8-2-9-22-45)41-52(43-53)46-23-10-3-11-24-46)67-63(66-61)57-30-18-32-59-60(57)56-29-16-17-31-58(56)64(59,54-25-12-4-13-26-54)55-27-14-5-15-28-55/h1-43H. The fraction of sp³-hybridized carbons (Fsp3) is 0.0156. The van der Waals surface area contributed by atoms with Crippen LogP contribution in [0.1, 0.15) is 22.3 Å². The SMILES string of the molecule is c1ccc(-c2ccc(-c3nc(-c4ccc(-c5cc(-c6ccccc6)cc(-c6ccccc6)c5)cc4)nc(-c4cccc5c4-c4ccccc4C5(c4ccccc4)c4ccccc4)n3)cc2)cc1. The van der Waals surface area contributed by atoms with Crippen LogP contribution in [0.15, 0.2) is 261 Å². The van der Waals surface area contributed by atoms with Crippen LogP contribution in [-0.2, 0) is 5.41 Å². The average Bonchev–Trinajstić information content (AvgIpc) is 3.73. The molecule has 0 unspecified atom stereocenters. The van der Waals surface area contributed by atoms with Crippen molar-refractivity contribution >= 4 is 0 Å². The van der Waals surface area contributed by atoms with Gasteiger partial charge in [0.1, 0.15) is 0 Å². The molecule has 1 aliphatic rings. The highest BCUT2D eigenvalue weighted by atomic mass is 15.0. The second kappa shape index (κ2) is 17.0. The Morgan fingerprint density at radius 1 is 0.224 bits per heavy atom. The number of hydrogen-bond acceptors (Lipinski definition) is 3. The number of fused-ring (bicyclic) bond motifs is 3. The normalized spacial score (nSPS) is 12.3. The summed E-state index contributed by atoms with van der Waals surface area (Å²) in [6.45, 7) is 0. The van der Waals surface area contributed by atoms with E-state index in [2.05, 4.69) is 255 Å². The summed E-state index contributed by atoms with van der Waals surface area (Å²) in [5, 5.41) is 0. The maximum atomic E-state index is 5.40. The molecule has 0 amide bonds. The van der Waals surface area contributed by atoms with E-state index in [-0.39, 0.29) is 0 Å². The smallest absolute Gasteiger partial charge is 0.164 e. The molecule has 0 fully saturated rings. The molecule has 1 aromatic heterocycles. The van der Waals surface area contributed by atoms with Crippen molar-refractivity contribution in [3.63, 3.8) is 0 Å². The minimum atomic E-state index is -0.551. The Morgan fingerprint density at radius 2 is 0.552 bits per heavy atom. The molecule has 3 nitrogen and oxygen atoms in total. The highest BCUT2D eigenvalue weighted by Gasteiger charge is 2.47. The first-order valence-corrected chi connectivity index (χ1v) is 22.8. The summed E-state index contributed by atoms with van der Waals surface area (Å²) in [7, 11) is 0. The fourth-order valence-electron chi connectivity index (χ4n) is 10.1. The lowest BCUT2D eigenvalue weighted by Gasteiger charge is -2.33. The third-order valence-electron chi connectivity index (χ3n) is 13.2. The molecule has 10 aromatic carbocycles. The summed E-state index contributed by atoms with van der Waals surface area (Å²) in [5.74, 6) is 1.86. The number of hydrogen-bond donors (Lipinski definition) is 0. The van der Waals surface area contributed by atoms with E-state index in [1.807, 2.05) is 6.07 Å². The third kappa shape index (κ3) is 7.15. The Kier molecular flexibility index (Phi) is 10.1. The fourth-order valence-corrected chi connectivity index (χ4v) is 10.1. The van der Waals surface area contributed by atoms with E-state index in [9.17, 15) is 0 Å². The van der Waals surface area contributed by atoms with Gasteiger partial charge >= 0.3 is 0 Å². The Hall–Kier alpha value is -8.79. The van der Waals surface area contributed by atoms with Gasteiger partial charge in [-0.15, -0.1) is 0 Å². The van der Waals surface area contributed by atoms with Gasteiger partial charge in [-0.1, -0.05) is 243 Å². The first-order chi connectivity index (χ1) is 33.2. The Balaban J connectivity index is 1.03. The second-order valence-corrected chi connectivity index (χ2v) is 17.1. The number of benzene rings is 10. The van der Waals surface area contributed by atoms with Gasteiger partial charge in [0.2, 0.25) is 0 Å². The minimum Gasteiger partial charge on any atom is -0.208 e. The molecular formula is C64H43N3. The summed E-state index contributed by atoms with van der Waals surface area (Å²) in [6, 6.07) is 93.0. The van der Waals surface area contributed by atoms with E-state index in [1.165, 1.54) is 50.1 Å². The molecule has 314 valence electrons. The maximum Gasteiger partial charge on any atom is 0.164 e. The van der Waals surface area contributed by atoms with Crippen LogP contribution in [0.3, 0.4) is 0 Å². The Labute approximate surface area is 391 Å². The van der Waals surface area contributed by atoms with Gasteiger partial charge in [-0.2, -0.15) is 0 Å². The highest BCUT2D eigenvalue weighted by molar-refractivity contribution is 5.94. The molecule has 0 saturated heterocycles. The predicted molar refractivity (Wildman–Crippen MR) is 275 cm³/mol. The zero-order valence-electron chi connectivity index (χ0n) is 36.7. The van der Waals surface area contributed by atoms with Crippen molar-refractivity contribution in [1.29, 1.82) is 0 Å². The van der Waals surface area contributed by atoms with Gasteiger partial charge in [0.15, 0.2) is 17.5 Å². The van der Waals surface area contributed by atoms with E-state index in [0.29, 0.717) is 17.5 Å². The van der Waals surface area contributed by atoms with Crippen LogP contribution in [0.5, 0.6) is 0 Å². The molecule has 0 aliphatic heterocycles. The zero-order valence-corrected chi connectivity index (χ0v) is 36.7. The molecule has 0 N–H and O–H groups in total. The van der Waals surface area contributed by atoms with Crippen LogP contribution in [0.4, 0.5) is 0 Å². The lowest BCUT2D eigenvalue weighted by Crippen LogP contribution is -2.28. The summed E-state index contributed by atoms with van der Waals surface area (Å²) >= 11 is 0. The van der Waals surface area contributed by atoms with Gasteiger partial charge in [-0.25, -0.2) is 15.0 Å². The highest BCUT2D eigenvalue weighted by Crippen LogP contribution is 2.58. The van der Waals surface area contributed by atoms with Crippen LogP contribution in [0.25, 0.3) is 89.8 Å². The van der Waals surface area contributed by atoms with Crippen molar-refractivity contribution in [2.24, 2.45) is 0 Å². The monoisotopic (exact) mass is 853 g/mol. The van der Waals surface area contributed by atoms with Gasteiger partial charge < -0.3 is 0 Å². The van der Waals surface area contributed by atoms with Gasteiger partial charge in [0, 0.05) is 16.7 Å². The lowest BCUT2D eigenvalue weighted by atomic mass is 9.67. The first-order valence-electron chi connectivity index (χ1n) is 22.8. The molecule has 0 radical (unpaired) electrons. The molecule has 0 saturated carbocycles. The van der Waals surface area contributed by atoms with Gasteiger partial charge in [-0.05, 0) is 96.1 Å². The van der Waals surface area contributed by atoms with Crippen LogP contribution in [0, 0.1) is 0 Å². The maximum absolute atomic E-state index is 5.40. The quantitative estimate of drug-likeness (QED) is 0.145. The van der Waals surface area contributed by atoms with E-state index in [0.717, 1.165) is 44.5 Å². The minimum absolute atomic E-state index is 0.551. The van der Waals surface area contributed by atoms with Gasteiger partial charge in [0.25, 0.3) is 0 Å². The largest absolute Gasteiger partial charge is 0.208 e. The first kappa shape index (κ1) is 39.8. The van der Waals surface area contributed by atoms with Crippen molar-refractivity contribution in [2.75, 3.05) is 0 Å². The van der Waals surface area contributed by atoms with Crippen molar-refractivity contribution < 1.29 is 0 Å². The Bertz CT molecular complexity index is 3420. The molecule has 3 heteroatoms. The zero-order chi connectivity index (χ0) is 44.6. The number of rotatable bonds is 9. The third-order valence-corrected chi connectivity index (χ3v) is 13.2. The molecule has 1 aliphatic carbocycles. The molecule has 1 heterocycles. The molecule has 12 rings (SSSR count). The summed E-state index contributed by atoms with van der Waals surface area (Å²) in [5.41, 5.74) is 18.7. The van der Waals surface area contributed by atoms with Crippen LogP contribution in [0.2, 0.25) is 0 Å². The van der Waals surface area contributed by atoms with E-state index in [4.69, 9.17) is 15.0 Å². The molecule has 11 aromatic rings. The van der Waals surface area contributed by atoms with Crippen molar-refractivity contribution in [2.45, 2.75) is 5.41 Å². The topological polar surface area (TPSA) is 38.7 Å². The molecule has 67 heavy (non-hydrogen) atoms. The number of nitrogens with zero attached hydrogens (tertiary/aromatic N) is 3. The van der Waals surface area contributed by atoms with Gasteiger partial charge in [0.05, 0.1) is 5.41 Å². The van der Waals surface area contributed by atoms with Gasteiger partial charge in [-0.3, -0.25) is 0 Å². The van der Waals surface area contributed by atoms with Crippen molar-refractivity contribution in [3.8, 4) is 89.8 Å². The van der Waals surface area contributed by atoms with Crippen molar-refractivity contribution in [3.05, 3.63) is 283 Å². The van der Waals surface area contributed by atoms with E-state index in [1.54, 1.807) is 0 Å². The molecular weight excluding hydrogens is 811 g/mol. The lowest BCUT2D eigenvalue weighted by molar-refractivity contribution is 0.768. The van der Waals surface area contributed by atoms with Crippen LogP contribution < -0.4 is 0 Å².